The first-order valence-corrected chi connectivity index (χ1v) is 5.42. The maximum Gasteiger partial charge on any atom is 0.327 e. The Morgan fingerprint density at radius 1 is 1.33 bits per heavy atom. The zero-order valence-electron chi connectivity index (χ0n) is 8.86. The van der Waals surface area contributed by atoms with Crippen molar-refractivity contribution in [2.75, 3.05) is 0 Å². The normalized spacial score (nSPS) is 25.1. The minimum Gasteiger partial charge on any atom is -0.440 e. The van der Waals surface area contributed by atoms with Crippen LogP contribution < -0.4 is 15.4 Å². The van der Waals surface area contributed by atoms with E-state index in [1.807, 2.05) is 5.32 Å². The number of fused-ring (bicyclic) bond motifs is 2. The molecule has 1 saturated heterocycles. The summed E-state index contributed by atoms with van der Waals surface area (Å²) in [5.41, 5.74) is 0.449. The molecule has 0 bridgehead atoms. The Morgan fingerprint density at radius 3 is 2.89 bits per heavy atom. The van der Waals surface area contributed by atoms with Gasteiger partial charge in [-0.05, 0) is 24.3 Å². The first kappa shape index (κ1) is 11.1. The summed E-state index contributed by atoms with van der Waals surface area (Å²) < 4.78 is 5.26. The number of benzene rings is 1. The predicted octanol–water partition coefficient (Wildman–Crippen LogP) is 0.601. The standard InChI is InChI=1S/C11H7ClN2O4/c12-6-1-2-8-5(3-6)4-7-9(15)13-10(16)14-11(7,17)18-8/h1-4,17H,(H2,13,14,15,16)/t11-/m0/s1. The molecule has 0 aliphatic carbocycles. The van der Waals surface area contributed by atoms with Crippen molar-refractivity contribution in [1.29, 1.82) is 0 Å². The lowest BCUT2D eigenvalue weighted by Crippen LogP contribution is -2.65. The highest BCUT2D eigenvalue weighted by Crippen LogP contribution is 2.35. The van der Waals surface area contributed by atoms with Crippen molar-refractivity contribution in [2.45, 2.75) is 5.91 Å². The minimum absolute atomic E-state index is 0.100. The number of rotatable bonds is 0. The van der Waals surface area contributed by atoms with E-state index in [2.05, 4.69) is 5.32 Å². The van der Waals surface area contributed by atoms with E-state index in [4.69, 9.17) is 16.3 Å². The van der Waals surface area contributed by atoms with E-state index >= 15 is 0 Å². The van der Waals surface area contributed by atoms with Gasteiger partial charge in [0.15, 0.2) is 0 Å². The smallest absolute Gasteiger partial charge is 0.327 e. The first-order chi connectivity index (χ1) is 8.48. The molecule has 2 heterocycles. The molecule has 1 fully saturated rings. The summed E-state index contributed by atoms with van der Waals surface area (Å²) in [6.45, 7) is 0. The first-order valence-electron chi connectivity index (χ1n) is 5.04. The summed E-state index contributed by atoms with van der Waals surface area (Å²) in [5.74, 6) is -2.53. The van der Waals surface area contributed by atoms with Gasteiger partial charge in [0.05, 0.1) is 0 Å². The third-order valence-corrected chi connectivity index (χ3v) is 2.88. The van der Waals surface area contributed by atoms with Gasteiger partial charge in [-0.2, -0.15) is 0 Å². The Hall–Kier alpha value is -2.05. The van der Waals surface area contributed by atoms with E-state index in [1.165, 1.54) is 6.08 Å². The van der Waals surface area contributed by atoms with Crippen LogP contribution >= 0.6 is 11.6 Å². The minimum atomic E-state index is -2.14. The van der Waals surface area contributed by atoms with Gasteiger partial charge in [0, 0.05) is 10.6 Å². The van der Waals surface area contributed by atoms with Crippen LogP contribution in [-0.2, 0) is 4.79 Å². The van der Waals surface area contributed by atoms with Gasteiger partial charge in [-0.3, -0.25) is 15.4 Å². The molecule has 92 valence electrons. The number of imide groups is 1. The Balaban J connectivity index is 2.15. The summed E-state index contributed by atoms with van der Waals surface area (Å²) in [4.78, 5) is 22.8. The van der Waals surface area contributed by atoms with Crippen molar-refractivity contribution < 1.29 is 19.4 Å². The van der Waals surface area contributed by atoms with Gasteiger partial charge in [-0.25, -0.2) is 4.79 Å². The highest BCUT2D eigenvalue weighted by molar-refractivity contribution is 6.30. The van der Waals surface area contributed by atoms with Crippen LogP contribution in [0.15, 0.2) is 23.8 Å². The number of ether oxygens (including phenoxy) is 1. The Labute approximate surface area is 106 Å². The maximum absolute atomic E-state index is 11.6. The number of hydrogen-bond donors (Lipinski definition) is 3. The van der Waals surface area contributed by atoms with Gasteiger partial charge in [-0.1, -0.05) is 11.6 Å². The molecule has 3 N–H and O–H groups in total. The highest BCUT2D eigenvalue weighted by atomic mass is 35.5. The molecular formula is C11H7ClN2O4. The van der Waals surface area contributed by atoms with Crippen LogP contribution in [0.1, 0.15) is 5.56 Å². The molecule has 6 nitrogen and oxygen atoms in total. The van der Waals surface area contributed by atoms with Gasteiger partial charge in [0.1, 0.15) is 11.3 Å². The zero-order chi connectivity index (χ0) is 12.9. The van der Waals surface area contributed by atoms with Gasteiger partial charge in [-0.15, -0.1) is 0 Å². The molecule has 0 unspecified atom stereocenters. The van der Waals surface area contributed by atoms with E-state index in [9.17, 15) is 14.7 Å². The zero-order valence-corrected chi connectivity index (χ0v) is 9.62. The van der Waals surface area contributed by atoms with Crippen LogP contribution in [0.4, 0.5) is 4.79 Å². The van der Waals surface area contributed by atoms with Crippen LogP contribution in [0.2, 0.25) is 5.02 Å². The molecule has 18 heavy (non-hydrogen) atoms. The maximum atomic E-state index is 11.6. The molecule has 3 rings (SSSR count). The predicted molar refractivity (Wildman–Crippen MR) is 61.7 cm³/mol. The number of carbonyl (C=O) groups is 2. The molecule has 0 aromatic heterocycles. The third kappa shape index (κ3) is 1.54. The number of carbonyl (C=O) groups excluding carboxylic acids is 2. The van der Waals surface area contributed by atoms with Crippen LogP contribution in [0, 0.1) is 0 Å². The SMILES string of the molecule is O=C1NC(=O)C2=Cc3cc(Cl)ccc3O[C@]2(O)N1. The van der Waals surface area contributed by atoms with Crippen molar-refractivity contribution in [3.63, 3.8) is 0 Å². The molecule has 1 atom stereocenters. The highest BCUT2D eigenvalue weighted by Gasteiger charge is 2.47. The van der Waals surface area contributed by atoms with Crippen LogP contribution in [0.5, 0.6) is 5.75 Å². The number of aliphatic hydroxyl groups is 1. The average Bonchev–Trinajstić information content (AvgIpc) is 2.26. The van der Waals surface area contributed by atoms with Gasteiger partial charge < -0.3 is 9.84 Å². The number of urea groups is 1. The lowest BCUT2D eigenvalue weighted by Gasteiger charge is -2.37. The van der Waals surface area contributed by atoms with Gasteiger partial charge >= 0.3 is 11.9 Å². The molecule has 1 aromatic rings. The molecular weight excluding hydrogens is 260 g/mol. The monoisotopic (exact) mass is 266 g/mol. The van der Waals surface area contributed by atoms with Gasteiger partial charge in [0.2, 0.25) is 0 Å². The second-order valence-corrected chi connectivity index (χ2v) is 4.33. The number of hydrogen-bond acceptors (Lipinski definition) is 4. The van der Waals surface area contributed by atoms with E-state index in [1.54, 1.807) is 18.2 Å². The number of amides is 3. The van der Waals surface area contributed by atoms with Crippen molar-refractivity contribution in [1.82, 2.24) is 10.6 Å². The molecule has 2 aliphatic heterocycles. The fourth-order valence-corrected chi connectivity index (χ4v) is 2.04. The number of halogens is 1. The number of nitrogens with one attached hydrogen (secondary N) is 2. The second kappa shape index (κ2) is 3.47. The second-order valence-electron chi connectivity index (χ2n) is 3.89. The average molecular weight is 267 g/mol. The van der Waals surface area contributed by atoms with E-state index in [0.29, 0.717) is 16.3 Å². The molecule has 0 radical (unpaired) electrons. The molecule has 7 heteroatoms. The molecule has 0 spiro atoms. The third-order valence-electron chi connectivity index (χ3n) is 2.65. The molecule has 3 amide bonds. The largest absolute Gasteiger partial charge is 0.440 e. The summed E-state index contributed by atoms with van der Waals surface area (Å²) in [6, 6.07) is 3.89. The molecule has 2 aliphatic rings. The van der Waals surface area contributed by atoms with E-state index < -0.39 is 17.8 Å². The van der Waals surface area contributed by atoms with Crippen LogP contribution in [0.25, 0.3) is 6.08 Å². The van der Waals surface area contributed by atoms with Crippen molar-refractivity contribution >= 4 is 29.6 Å². The Morgan fingerprint density at radius 2 is 2.11 bits per heavy atom. The fraction of sp³-hybridized carbons (Fsp3) is 0.0909. The fourth-order valence-electron chi connectivity index (χ4n) is 1.86. The van der Waals surface area contributed by atoms with E-state index in [0.717, 1.165) is 0 Å². The lowest BCUT2D eigenvalue weighted by atomic mass is 10.0. The Kier molecular flexibility index (Phi) is 2.13. The quantitative estimate of drug-likeness (QED) is 0.642. The molecule has 0 saturated carbocycles. The van der Waals surface area contributed by atoms with Crippen LogP contribution in [-0.4, -0.2) is 23.0 Å². The van der Waals surface area contributed by atoms with Crippen molar-refractivity contribution in [3.05, 3.63) is 34.4 Å². The summed E-state index contributed by atoms with van der Waals surface area (Å²) >= 11 is 5.83. The van der Waals surface area contributed by atoms with Crippen LogP contribution in [0.3, 0.4) is 0 Å². The lowest BCUT2D eigenvalue weighted by molar-refractivity contribution is -0.145. The molecule has 1 aromatic carbocycles. The summed E-state index contributed by atoms with van der Waals surface area (Å²) in [7, 11) is 0. The van der Waals surface area contributed by atoms with E-state index in [-0.39, 0.29) is 5.57 Å². The Bertz CT molecular complexity index is 613. The van der Waals surface area contributed by atoms with Gasteiger partial charge in [0.25, 0.3) is 5.91 Å². The topological polar surface area (TPSA) is 87.7 Å². The summed E-state index contributed by atoms with van der Waals surface area (Å²) in [6.07, 6.45) is 1.42. The van der Waals surface area contributed by atoms with Crippen molar-refractivity contribution in [2.24, 2.45) is 0 Å². The summed E-state index contributed by atoms with van der Waals surface area (Å²) in [5, 5.41) is 14.8. The van der Waals surface area contributed by atoms with Crippen molar-refractivity contribution in [3.8, 4) is 5.75 Å².